The molecule has 88 valence electrons. The van der Waals surface area contributed by atoms with Gasteiger partial charge in [0.15, 0.2) is 0 Å². The Balaban J connectivity index is 4.39. The first-order chi connectivity index (χ1) is 6.69. The van der Waals surface area contributed by atoms with Crippen molar-refractivity contribution in [3.8, 4) is 0 Å². The second kappa shape index (κ2) is 5.14. The number of hydrogen-bond donors (Lipinski definition) is 0. The zero-order chi connectivity index (χ0) is 12.2. The summed E-state index contributed by atoms with van der Waals surface area (Å²) >= 11 is 0. The smallest absolute Gasteiger partial charge is 0.310 e. The van der Waals surface area contributed by atoms with Gasteiger partial charge < -0.3 is 9.47 Å². The first-order valence-corrected chi connectivity index (χ1v) is 4.99. The average Bonchev–Trinajstić information content (AvgIpc) is 2.11. The van der Waals surface area contributed by atoms with Crippen LogP contribution in [0.2, 0.25) is 0 Å². The number of ether oxygens (including phenoxy) is 2. The fourth-order valence-electron chi connectivity index (χ4n) is 0.989. The predicted octanol–water partition coefficient (Wildman–Crippen LogP) is 1.77. The zero-order valence-electron chi connectivity index (χ0n) is 10.3. The Morgan fingerprint density at radius 1 is 1.00 bits per heavy atom. The third kappa shape index (κ3) is 4.81. The second-order valence-electron chi connectivity index (χ2n) is 4.63. The summed E-state index contributed by atoms with van der Waals surface area (Å²) in [5.41, 5.74) is -0.527. The topological polar surface area (TPSA) is 52.6 Å². The fourth-order valence-corrected chi connectivity index (χ4v) is 0.989. The molecule has 0 aromatic carbocycles. The van der Waals surface area contributed by atoms with E-state index in [4.69, 9.17) is 4.74 Å². The first-order valence-electron chi connectivity index (χ1n) is 4.99. The Kier molecular flexibility index (Phi) is 4.78. The normalized spacial score (nSPS) is 15.3. The maximum absolute atomic E-state index is 11.6. The molecule has 0 saturated heterocycles. The molecule has 2 atom stereocenters. The van der Waals surface area contributed by atoms with Gasteiger partial charge in [0.25, 0.3) is 0 Å². The van der Waals surface area contributed by atoms with Crippen LogP contribution in [0.4, 0.5) is 0 Å². The maximum atomic E-state index is 11.6. The maximum Gasteiger partial charge on any atom is 0.310 e. The summed E-state index contributed by atoms with van der Waals surface area (Å²) < 4.78 is 9.74. The van der Waals surface area contributed by atoms with Crippen LogP contribution in [0.3, 0.4) is 0 Å². The molecule has 4 nitrogen and oxygen atoms in total. The molecule has 0 aliphatic rings. The Bertz CT molecular complexity index is 239. The summed E-state index contributed by atoms with van der Waals surface area (Å²) in [6.07, 6.45) is 0. The van der Waals surface area contributed by atoms with Gasteiger partial charge in [-0.2, -0.15) is 0 Å². The molecule has 0 aromatic heterocycles. The van der Waals surface area contributed by atoms with Crippen molar-refractivity contribution in [2.45, 2.75) is 40.2 Å². The minimum absolute atomic E-state index is 0.375. The van der Waals surface area contributed by atoms with E-state index in [9.17, 15) is 9.59 Å². The van der Waals surface area contributed by atoms with Crippen molar-refractivity contribution in [2.24, 2.45) is 11.8 Å². The molecule has 0 spiro atoms. The molecule has 2 unspecified atom stereocenters. The lowest BCUT2D eigenvalue weighted by Gasteiger charge is -2.24. The standard InChI is InChI=1S/C11H20O4/c1-7(9(12)14-6)8(2)10(13)15-11(3,4)5/h7-8H,1-6H3. The van der Waals surface area contributed by atoms with E-state index < -0.39 is 23.4 Å². The van der Waals surface area contributed by atoms with Crippen LogP contribution in [0, 0.1) is 11.8 Å². The van der Waals surface area contributed by atoms with Crippen molar-refractivity contribution in [1.29, 1.82) is 0 Å². The quantitative estimate of drug-likeness (QED) is 0.675. The molecule has 0 fully saturated rings. The van der Waals surface area contributed by atoms with E-state index in [0.29, 0.717) is 0 Å². The van der Waals surface area contributed by atoms with E-state index in [1.165, 1.54) is 7.11 Å². The average molecular weight is 216 g/mol. The van der Waals surface area contributed by atoms with Crippen molar-refractivity contribution in [1.82, 2.24) is 0 Å². The van der Waals surface area contributed by atoms with Crippen molar-refractivity contribution in [3.63, 3.8) is 0 Å². The van der Waals surface area contributed by atoms with Crippen molar-refractivity contribution >= 4 is 11.9 Å². The van der Waals surface area contributed by atoms with Gasteiger partial charge in [0.2, 0.25) is 0 Å². The van der Waals surface area contributed by atoms with Crippen LogP contribution in [-0.4, -0.2) is 24.6 Å². The van der Waals surface area contributed by atoms with Crippen LogP contribution in [-0.2, 0) is 19.1 Å². The van der Waals surface area contributed by atoms with E-state index in [1.54, 1.807) is 34.6 Å². The molecule has 0 aliphatic heterocycles. The van der Waals surface area contributed by atoms with Crippen LogP contribution in [0.1, 0.15) is 34.6 Å². The van der Waals surface area contributed by atoms with Crippen LogP contribution in [0.15, 0.2) is 0 Å². The first kappa shape index (κ1) is 13.9. The summed E-state index contributed by atoms with van der Waals surface area (Å²) in [6.45, 7) is 8.69. The molecule has 0 heterocycles. The largest absolute Gasteiger partial charge is 0.469 e. The number of hydrogen-bond acceptors (Lipinski definition) is 4. The van der Waals surface area contributed by atoms with Crippen molar-refractivity contribution in [3.05, 3.63) is 0 Å². The summed E-state index contributed by atoms with van der Waals surface area (Å²) in [6, 6.07) is 0. The molecule has 0 saturated carbocycles. The predicted molar refractivity (Wildman–Crippen MR) is 56.2 cm³/mol. The lowest BCUT2D eigenvalue weighted by Crippen LogP contribution is -2.33. The van der Waals surface area contributed by atoms with E-state index in [0.717, 1.165) is 0 Å². The van der Waals surface area contributed by atoms with Gasteiger partial charge in [-0.05, 0) is 20.8 Å². The number of methoxy groups -OCH3 is 1. The number of esters is 2. The number of carbonyl (C=O) groups excluding carboxylic acids is 2. The van der Waals surface area contributed by atoms with Crippen molar-refractivity contribution < 1.29 is 19.1 Å². The molecule has 0 bridgehead atoms. The molecule has 4 heteroatoms. The molecule has 0 rings (SSSR count). The molecular weight excluding hydrogens is 196 g/mol. The van der Waals surface area contributed by atoms with Gasteiger partial charge >= 0.3 is 11.9 Å². The van der Waals surface area contributed by atoms with Gasteiger partial charge in [0.1, 0.15) is 5.60 Å². The van der Waals surface area contributed by atoms with Gasteiger partial charge in [-0.1, -0.05) is 13.8 Å². The third-order valence-electron chi connectivity index (χ3n) is 2.10. The summed E-state index contributed by atoms with van der Waals surface area (Å²) in [7, 11) is 1.31. The summed E-state index contributed by atoms with van der Waals surface area (Å²) in [4.78, 5) is 22.8. The second-order valence-corrected chi connectivity index (χ2v) is 4.63. The molecule has 0 radical (unpaired) electrons. The highest BCUT2D eigenvalue weighted by atomic mass is 16.6. The minimum Gasteiger partial charge on any atom is -0.469 e. The molecular formula is C11H20O4. The Hall–Kier alpha value is -1.06. The fraction of sp³-hybridized carbons (Fsp3) is 0.818. The van der Waals surface area contributed by atoms with E-state index in [-0.39, 0.29) is 5.97 Å². The van der Waals surface area contributed by atoms with Gasteiger partial charge in [-0.3, -0.25) is 9.59 Å². The zero-order valence-corrected chi connectivity index (χ0v) is 10.3. The van der Waals surface area contributed by atoms with Gasteiger partial charge in [-0.15, -0.1) is 0 Å². The monoisotopic (exact) mass is 216 g/mol. The molecule has 0 amide bonds. The molecule has 0 aromatic rings. The summed E-state index contributed by atoms with van der Waals surface area (Å²) in [5.74, 6) is -1.74. The Labute approximate surface area is 90.9 Å². The number of carbonyl (C=O) groups is 2. The molecule has 0 N–H and O–H groups in total. The molecule has 0 aliphatic carbocycles. The highest BCUT2D eigenvalue weighted by molar-refractivity contribution is 5.81. The lowest BCUT2D eigenvalue weighted by molar-refractivity contribution is -0.166. The highest BCUT2D eigenvalue weighted by Crippen LogP contribution is 2.18. The number of rotatable bonds is 3. The highest BCUT2D eigenvalue weighted by Gasteiger charge is 2.30. The van der Waals surface area contributed by atoms with E-state index in [2.05, 4.69) is 4.74 Å². The van der Waals surface area contributed by atoms with Gasteiger partial charge in [0.05, 0.1) is 18.9 Å². The van der Waals surface area contributed by atoms with Gasteiger partial charge in [0, 0.05) is 0 Å². The Morgan fingerprint density at radius 2 is 1.40 bits per heavy atom. The van der Waals surface area contributed by atoms with Crippen LogP contribution >= 0.6 is 0 Å². The van der Waals surface area contributed by atoms with Crippen LogP contribution in [0.5, 0.6) is 0 Å². The summed E-state index contributed by atoms with van der Waals surface area (Å²) in [5, 5.41) is 0. The Morgan fingerprint density at radius 3 is 1.73 bits per heavy atom. The van der Waals surface area contributed by atoms with E-state index in [1.807, 2.05) is 0 Å². The lowest BCUT2D eigenvalue weighted by atomic mass is 9.96. The SMILES string of the molecule is COC(=O)C(C)C(C)C(=O)OC(C)(C)C. The van der Waals surface area contributed by atoms with Crippen LogP contribution in [0.25, 0.3) is 0 Å². The van der Waals surface area contributed by atoms with Crippen LogP contribution < -0.4 is 0 Å². The van der Waals surface area contributed by atoms with Gasteiger partial charge in [-0.25, -0.2) is 0 Å². The molecule has 15 heavy (non-hydrogen) atoms. The van der Waals surface area contributed by atoms with Crippen molar-refractivity contribution in [2.75, 3.05) is 7.11 Å². The minimum atomic E-state index is -0.527. The van der Waals surface area contributed by atoms with E-state index >= 15 is 0 Å². The third-order valence-corrected chi connectivity index (χ3v) is 2.10.